The highest BCUT2D eigenvalue weighted by atomic mass is 16.4. The van der Waals surface area contributed by atoms with Crippen LogP contribution < -0.4 is 5.32 Å². The third kappa shape index (κ3) is 2.48. The zero-order chi connectivity index (χ0) is 17.0. The molecule has 5 heteroatoms. The molecule has 25 heavy (non-hydrogen) atoms. The van der Waals surface area contributed by atoms with Crippen molar-refractivity contribution in [1.82, 2.24) is 14.7 Å². The second kappa shape index (κ2) is 5.56. The van der Waals surface area contributed by atoms with Crippen LogP contribution in [0, 0.1) is 23.2 Å². The summed E-state index contributed by atoms with van der Waals surface area (Å²) in [4.78, 5) is 16.5. The molecule has 2 N–H and O–H groups in total. The summed E-state index contributed by atoms with van der Waals surface area (Å²) < 4.78 is 2.03. The number of rotatable bonds is 5. The van der Waals surface area contributed by atoms with Crippen LogP contribution in [0.2, 0.25) is 0 Å². The molecule has 4 bridgehead atoms. The highest BCUT2D eigenvalue weighted by Gasteiger charge is 2.55. The first-order chi connectivity index (χ1) is 12.1. The van der Waals surface area contributed by atoms with Gasteiger partial charge in [0.1, 0.15) is 11.7 Å². The quantitative estimate of drug-likeness (QED) is 0.878. The summed E-state index contributed by atoms with van der Waals surface area (Å²) >= 11 is 0. The van der Waals surface area contributed by atoms with Crippen LogP contribution in [0.15, 0.2) is 30.6 Å². The molecule has 132 valence electrons. The van der Waals surface area contributed by atoms with Crippen LogP contribution in [0.3, 0.4) is 0 Å². The summed E-state index contributed by atoms with van der Waals surface area (Å²) in [5.41, 5.74) is 1.93. The van der Waals surface area contributed by atoms with E-state index in [0.717, 1.165) is 48.4 Å². The minimum atomic E-state index is -0.681. The Labute approximate surface area is 147 Å². The van der Waals surface area contributed by atoms with Crippen molar-refractivity contribution in [2.75, 3.05) is 0 Å². The fourth-order valence-electron chi connectivity index (χ4n) is 6.45. The minimum Gasteiger partial charge on any atom is -0.480 e. The van der Waals surface area contributed by atoms with Gasteiger partial charge in [0.2, 0.25) is 0 Å². The van der Waals surface area contributed by atoms with Gasteiger partial charge in [-0.3, -0.25) is 10.1 Å². The molecular formula is C20H25N3O2. The number of carboxylic acid groups (broad SMARTS) is 1. The number of hydrogen-bond acceptors (Lipinski definition) is 3. The van der Waals surface area contributed by atoms with Gasteiger partial charge in [-0.15, -0.1) is 0 Å². The van der Waals surface area contributed by atoms with Gasteiger partial charge in [-0.25, -0.2) is 4.98 Å². The Hall–Kier alpha value is -1.88. The number of fused-ring (bicyclic) bond motifs is 1. The first kappa shape index (κ1) is 15.4. The number of carbonyl (C=O) groups is 1. The van der Waals surface area contributed by atoms with Crippen molar-refractivity contribution in [3.05, 3.63) is 36.3 Å². The van der Waals surface area contributed by atoms with Gasteiger partial charge in [0.25, 0.3) is 0 Å². The van der Waals surface area contributed by atoms with Crippen molar-refractivity contribution in [1.29, 1.82) is 0 Å². The van der Waals surface area contributed by atoms with E-state index in [2.05, 4.69) is 10.3 Å². The van der Waals surface area contributed by atoms with E-state index < -0.39 is 12.0 Å². The molecule has 0 saturated heterocycles. The second-order valence-corrected chi connectivity index (χ2v) is 8.60. The Bertz CT molecular complexity index is 777. The van der Waals surface area contributed by atoms with E-state index in [1.165, 1.54) is 19.3 Å². The molecule has 2 aromatic rings. The largest absolute Gasteiger partial charge is 0.480 e. The van der Waals surface area contributed by atoms with Gasteiger partial charge >= 0.3 is 5.97 Å². The topological polar surface area (TPSA) is 66.6 Å². The number of imidazole rings is 1. The average molecular weight is 339 g/mol. The maximum Gasteiger partial charge on any atom is 0.321 e. The van der Waals surface area contributed by atoms with Crippen molar-refractivity contribution in [3.8, 4) is 0 Å². The lowest BCUT2D eigenvalue weighted by Gasteiger charge is -2.58. The summed E-state index contributed by atoms with van der Waals surface area (Å²) in [5, 5.41) is 13.4. The number of aliphatic carboxylic acids is 1. The average Bonchev–Trinajstić information content (AvgIpc) is 3.02. The van der Waals surface area contributed by atoms with Crippen molar-refractivity contribution in [2.24, 2.45) is 23.2 Å². The van der Waals surface area contributed by atoms with E-state index in [4.69, 9.17) is 0 Å². The van der Waals surface area contributed by atoms with E-state index in [0.29, 0.717) is 6.54 Å². The van der Waals surface area contributed by atoms with E-state index >= 15 is 0 Å². The maximum absolute atomic E-state index is 12.2. The van der Waals surface area contributed by atoms with Gasteiger partial charge < -0.3 is 9.51 Å². The zero-order valence-corrected chi connectivity index (χ0v) is 14.4. The molecule has 1 atom stereocenters. The molecule has 4 aliphatic rings. The molecule has 2 aromatic heterocycles. The maximum atomic E-state index is 12.2. The Kier molecular flexibility index (Phi) is 3.42. The molecule has 0 radical (unpaired) electrons. The van der Waals surface area contributed by atoms with Gasteiger partial charge in [0.05, 0.1) is 0 Å². The number of nitrogens with zero attached hydrogens (tertiary/aromatic N) is 2. The van der Waals surface area contributed by atoms with Crippen molar-refractivity contribution >= 4 is 11.6 Å². The first-order valence-corrected chi connectivity index (χ1v) is 9.50. The van der Waals surface area contributed by atoms with Gasteiger partial charge in [-0.05, 0) is 73.8 Å². The first-order valence-electron chi connectivity index (χ1n) is 9.50. The highest BCUT2D eigenvalue weighted by Crippen LogP contribution is 2.61. The molecule has 0 spiro atoms. The smallest absolute Gasteiger partial charge is 0.321 e. The number of aromatic nitrogens is 2. The van der Waals surface area contributed by atoms with Crippen molar-refractivity contribution in [2.45, 2.75) is 51.1 Å². The van der Waals surface area contributed by atoms with E-state index in [9.17, 15) is 9.90 Å². The van der Waals surface area contributed by atoms with Crippen LogP contribution in [0.4, 0.5) is 0 Å². The molecule has 0 aliphatic heterocycles. The SMILES string of the molecule is O=C(O)C(NCc1cccc2nccn12)C12CC3CC(CC(C3)C1)C2. The number of hydrogen-bond donors (Lipinski definition) is 2. The third-order valence-electron chi connectivity index (χ3n) is 6.94. The molecule has 0 aromatic carbocycles. The van der Waals surface area contributed by atoms with Crippen LogP contribution in [-0.4, -0.2) is 26.5 Å². The van der Waals surface area contributed by atoms with Gasteiger partial charge in [-0.1, -0.05) is 6.07 Å². The highest BCUT2D eigenvalue weighted by molar-refractivity contribution is 5.75. The predicted molar refractivity (Wildman–Crippen MR) is 94.1 cm³/mol. The lowest BCUT2D eigenvalue weighted by molar-refractivity contribution is -0.151. The van der Waals surface area contributed by atoms with Crippen molar-refractivity contribution in [3.63, 3.8) is 0 Å². The van der Waals surface area contributed by atoms with Crippen LogP contribution >= 0.6 is 0 Å². The molecule has 6 rings (SSSR count). The Morgan fingerprint density at radius 3 is 2.56 bits per heavy atom. The van der Waals surface area contributed by atoms with Crippen molar-refractivity contribution < 1.29 is 9.90 Å². The molecule has 4 fully saturated rings. The normalized spacial score (nSPS) is 34.5. The monoisotopic (exact) mass is 339 g/mol. The lowest BCUT2D eigenvalue weighted by atomic mass is 9.47. The summed E-state index contributed by atoms with van der Waals surface area (Å²) in [5.74, 6) is 1.59. The van der Waals surface area contributed by atoms with Gasteiger partial charge in [0, 0.05) is 24.6 Å². The summed E-state index contributed by atoms with van der Waals surface area (Å²) in [6.45, 7) is 0.562. The predicted octanol–water partition coefficient (Wildman–Crippen LogP) is 3.09. The van der Waals surface area contributed by atoms with E-state index in [1.54, 1.807) is 6.20 Å². The fraction of sp³-hybridized carbons (Fsp3) is 0.600. The number of nitrogens with one attached hydrogen (secondary N) is 1. The fourth-order valence-corrected chi connectivity index (χ4v) is 6.45. The number of pyridine rings is 1. The Morgan fingerprint density at radius 2 is 1.92 bits per heavy atom. The molecular weight excluding hydrogens is 314 g/mol. The second-order valence-electron chi connectivity index (χ2n) is 8.60. The Balaban J connectivity index is 1.40. The van der Waals surface area contributed by atoms with Crippen LogP contribution in [0.25, 0.3) is 5.65 Å². The van der Waals surface area contributed by atoms with Crippen LogP contribution in [-0.2, 0) is 11.3 Å². The number of carboxylic acids is 1. The van der Waals surface area contributed by atoms with E-state index in [1.807, 2.05) is 28.8 Å². The van der Waals surface area contributed by atoms with Crippen LogP contribution in [0.5, 0.6) is 0 Å². The van der Waals surface area contributed by atoms with Crippen LogP contribution in [0.1, 0.15) is 44.2 Å². The molecule has 5 nitrogen and oxygen atoms in total. The van der Waals surface area contributed by atoms with Gasteiger partial charge in [-0.2, -0.15) is 0 Å². The molecule has 4 saturated carbocycles. The zero-order valence-electron chi connectivity index (χ0n) is 14.4. The summed E-state index contributed by atoms with van der Waals surface area (Å²) in [6, 6.07) is 5.55. The summed E-state index contributed by atoms with van der Waals surface area (Å²) in [7, 11) is 0. The van der Waals surface area contributed by atoms with E-state index in [-0.39, 0.29) is 5.41 Å². The standard InChI is InChI=1S/C20H25N3O2/c24-19(25)18(20-9-13-6-14(10-20)8-15(7-13)11-20)22-12-16-2-1-3-17-21-4-5-23(16)17/h1-5,13-15,18,22H,6-12H2,(H,24,25). The summed E-state index contributed by atoms with van der Waals surface area (Å²) in [6.07, 6.45) is 11.0. The lowest BCUT2D eigenvalue weighted by Crippen LogP contribution is -2.58. The Morgan fingerprint density at radius 1 is 1.24 bits per heavy atom. The molecule has 0 amide bonds. The molecule has 4 aliphatic carbocycles. The van der Waals surface area contributed by atoms with Gasteiger partial charge in [0.15, 0.2) is 0 Å². The molecule has 1 unspecified atom stereocenters. The third-order valence-corrected chi connectivity index (χ3v) is 6.94. The molecule has 2 heterocycles. The minimum absolute atomic E-state index is 0.0383.